The lowest BCUT2D eigenvalue weighted by molar-refractivity contribution is 0.431. The van der Waals surface area contributed by atoms with Gasteiger partial charge < -0.3 is 26.2 Å². The Hall–Kier alpha value is -3.75. The van der Waals surface area contributed by atoms with E-state index in [1.807, 2.05) is 42.9 Å². The molecule has 0 unspecified atom stereocenters. The monoisotopic (exact) mass is 718 g/mol. The van der Waals surface area contributed by atoms with E-state index < -0.39 is 5.82 Å². The number of nitrogen functional groups attached to an aromatic ring is 2. The second-order valence-electron chi connectivity index (χ2n) is 13.4. The van der Waals surface area contributed by atoms with E-state index in [2.05, 4.69) is 69.8 Å². The van der Waals surface area contributed by atoms with Crippen molar-refractivity contribution in [3.8, 4) is 5.69 Å². The third-order valence-electron chi connectivity index (χ3n) is 8.91. The van der Waals surface area contributed by atoms with E-state index in [-0.39, 0.29) is 0 Å². The molecule has 7 rings (SSSR count). The maximum absolute atomic E-state index is 14.3. The summed E-state index contributed by atoms with van der Waals surface area (Å²) in [5.41, 5.74) is 13.9. The first-order valence-electron chi connectivity index (χ1n) is 17.3. The van der Waals surface area contributed by atoms with Gasteiger partial charge in [0, 0.05) is 53.9 Å². The third kappa shape index (κ3) is 9.52. The van der Waals surface area contributed by atoms with Crippen molar-refractivity contribution in [3.05, 3.63) is 81.4 Å². The summed E-state index contributed by atoms with van der Waals surface area (Å²) >= 11 is 6.28. The molecule has 5 aromatic rings. The Morgan fingerprint density at radius 3 is 2.38 bits per heavy atom. The number of imidazole rings is 1. The van der Waals surface area contributed by atoms with Crippen molar-refractivity contribution in [1.29, 1.82) is 0 Å². The number of nitrogens with one attached hydrogen (secondary N) is 3. The highest BCUT2D eigenvalue weighted by Crippen LogP contribution is 2.35. The van der Waals surface area contributed by atoms with Crippen LogP contribution < -0.4 is 27.6 Å². The smallest absolute Gasteiger partial charge is 0.146 e. The number of thiol groups is 1. The van der Waals surface area contributed by atoms with Gasteiger partial charge >= 0.3 is 0 Å². The Kier molecular flexibility index (Phi) is 13.1. The lowest BCUT2D eigenvalue weighted by Crippen LogP contribution is -2.27. The van der Waals surface area contributed by atoms with Crippen LogP contribution in [0.25, 0.3) is 21.6 Å². The summed E-state index contributed by atoms with van der Waals surface area (Å²) in [7, 11) is 1.59. The molecule has 0 radical (unpaired) electrons. The molecule has 2 fully saturated rings. The van der Waals surface area contributed by atoms with Crippen LogP contribution >= 0.6 is 24.0 Å². The number of anilines is 2. The molecule has 0 saturated carbocycles. The molecule has 2 aliphatic rings. The van der Waals surface area contributed by atoms with Gasteiger partial charge in [-0.2, -0.15) is 5.10 Å². The summed E-state index contributed by atoms with van der Waals surface area (Å²) in [6.07, 6.45) is 14.4. The van der Waals surface area contributed by atoms with Gasteiger partial charge in [0.25, 0.3) is 0 Å². The van der Waals surface area contributed by atoms with E-state index in [1.54, 1.807) is 29.1 Å². The second kappa shape index (κ2) is 17.5. The number of halogens is 1. The van der Waals surface area contributed by atoms with Crippen LogP contribution in [0.15, 0.2) is 58.8 Å². The molecule has 1 aromatic carbocycles. The van der Waals surface area contributed by atoms with Crippen LogP contribution in [-0.4, -0.2) is 58.6 Å². The second-order valence-corrected chi connectivity index (χ2v) is 14.9. The number of piperidine rings is 2. The number of allylic oxidation sites excluding steroid dienone is 2. The number of benzene rings is 1. The zero-order chi connectivity index (χ0) is 35.8. The number of nitrogens with two attached hydrogens (primary N) is 2. The largest absolute Gasteiger partial charge is 0.398 e. The number of hydrogen-bond acceptors (Lipinski definition) is 10. The van der Waals surface area contributed by atoms with Crippen LogP contribution in [0.1, 0.15) is 67.1 Å². The van der Waals surface area contributed by atoms with Crippen LogP contribution in [0.2, 0.25) is 0 Å². The third-order valence-corrected chi connectivity index (χ3v) is 10.6. The number of aryl methyl sites for hydroxylation is 2. The normalized spacial score (nSPS) is 16.1. The Bertz CT molecular complexity index is 1870. The minimum Gasteiger partial charge on any atom is -0.398 e. The summed E-state index contributed by atoms with van der Waals surface area (Å²) in [6, 6.07) is 7.36. The molecule has 2 aliphatic heterocycles. The van der Waals surface area contributed by atoms with Crippen molar-refractivity contribution >= 4 is 57.4 Å². The van der Waals surface area contributed by atoms with E-state index in [0.29, 0.717) is 28.8 Å². The summed E-state index contributed by atoms with van der Waals surface area (Å²) in [5.74, 6) is 6.91. The Labute approximate surface area is 304 Å². The number of fused-ring (bicyclic) bond motifs is 2. The fraction of sp³-hybridized carbons (Fsp3) is 0.432. The van der Waals surface area contributed by atoms with Crippen LogP contribution in [0, 0.1) is 31.5 Å². The number of rotatable bonds is 6. The van der Waals surface area contributed by atoms with Crippen molar-refractivity contribution in [2.75, 3.05) is 44.4 Å². The van der Waals surface area contributed by atoms with Crippen molar-refractivity contribution < 1.29 is 4.39 Å². The highest BCUT2D eigenvalue weighted by molar-refractivity contribution is 7.84. The SMILES string of the molecule is CC(C)/C=C(\S)C1CCNCC1.CN=Cc1c(N)cc(-n2cc3cc(C4CCNCC4)sc3n2)cc1F.Cc1cn2cc(NN)cc(C)c2n1. The molecule has 0 amide bonds. The van der Waals surface area contributed by atoms with Gasteiger partial charge in [-0.3, -0.25) is 10.8 Å². The van der Waals surface area contributed by atoms with E-state index >= 15 is 0 Å². The summed E-state index contributed by atoms with van der Waals surface area (Å²) in [5, 5.41) is 12.5. The highest BCUT2D eigenvalue weighted by Gasteiger charge is 2.19. The van der Waals surface area contributed by atoms with Gasteiger partial charge in [-0.05, 0) is 112 Å². The Morgan fingerprint density at radius 1 is 1.06 bits per heavy atom. The van der Waals surface area contributed by atoms with E-state index in [1.165, 1.54) is 47.7 Å². The summed E-state index contributed by atoms with van der Waals surface area (Å²) in [4.78, 5) is 11.9. The molecule has 50 heavy (non-hydrogen) atoms. The van der Waals surface area contributed by atoms with Crippen LogP contribution in [0.3, 0.4) is 0 Å². The lowest BCUT2D eigenvalue weighted by atomic mass is 9.96. The number of hydrogen-bond donors (Lipinski definition) is 6. The maximum atomic E-state index is 14.3. The molecular weight excluding hydrogens is 668 g/mol. The average molecular weight is 719 g/mol. The van der Waals surface area contributed by atoms with Crippen molar-refractivity contribution in [2.24, 2.45) is 22.7 Å². The molecule has 0 atom stereocenters. The zero-order valence-corrected chi connectivity index (χ0v) is 31.4. The topological polar surface area (TPSA) is 136 Å². The number of aromatic nitrogens is 4. The number of thiophene rings is 1. The van der Waals surface area contributed by atoms with Crippen LogP contribution in [-0.2, 0) is 0 Å². The lowest BCUT2D eigenvalue weighted by Gasteiger charge is -2.23. The first-order chi connectivity index (χ1) is 24.1. The highest BCUT2D eigenvalue weighted by atomic mass is 32.1. The fourth-order valence-corrected chi connectivity index (χ4v) is 8.10. The average Bonchev–Trinajstić information content (AvgIpc) is 3.81. The Morgan fingerprint density at radius 2 is 1.76 bits per heavy atom. The van der Waals surface area contributed by atoms with E-state index in [9.17, 15) is 4.39 Å². The predicted octanol–water partition coefficient (Wildman–Crippen LogP) is 7.02. The van der Waals surface area contributed by atoms with Gasteiger partial charge in [0.1, 0.15) is 16.3 Å². The molecule has 13 heteroatoms. The van der Waals surface area contributed by atoms with Crippen LogP contribution in [0.4, 0.5) is 15.8 Å². The zero-order valence-electron chi connectivity index (χ0n) is 29.7. The molecular formula is C37H51FN10S2. The van der Waals surface area contributed by atoms with E-state index in [4.69, 9.17) is 11.6 Å². The van der Waals surface area contributed by atoms with Gasteiger partial charge in [-0.25, -0.2) is 14.1 Å². The van der Waals surface area contributed by atoms with Gasteiger partial charge in [0.2, 0.25) is 0 Å². The summed E-state index contributed by atoms with van der Waals surface area (Å²) in [6.45, 7) is 12.9. The first-order valence-corrected chi connectivity index (χ1v) is 18.6. The molecule has 268 valence electrons. The number of aliphatic imine (C=N–C) groups is 1. The molecule has 2 saturated heterocycles. The molecule has 10 nitrogen and oxygen atoms in total. The fourth-order valence-electron chi connectivity index (χ4n) is 6.37. The molecule has 4 aromatic heterocycles. The van der Waals surface area contributed by atoms with Crippen LogP contribution in [0.5, 0.6) is 0 Å². The predicted molar refractivity (Wildman–Crippen MR) is 212 cm³/mol. The van der Waals surface area contributed by atoms with Gasteiger partial charge in [0.15, 0.2) is 0 Å². The van der Waals surface area contributed by atoms with E-state index in [0.717, 1.165) is 64.9 Å². The minimum absolute atomic E-state index is 0.313. The molecule has 7 N–H and O–H groups in total. The standard InChI is InChI=1S/C18H20FN5S.C10H19NS.C9H12N4/c1-21-9-14-15(19)7-13(8-16(14)20)24-10-12-6-17(25-18(12)23-24)11-2-4-22-5-3-11;1-8(2)7-10(12)9-3-5-11-6-4-9;1-6-3-8(12-10)5-13-4-7(2)11-9(6)13/h6-11,22H,2-5,20H2,1H3;7-9,11-12H,3-6H2,1-2H3;3-5,12H,10H2,1-2H3/b;10-7-;. The first kappa shape index (κ1) is 37.5. The molecule has 0 spiro atoms. The maximum Gasteiger partial charge on any atom is 0.146 e. The number of nitrogens with zero attached hydrogens (tertiary/aromatic N) is 5. The van der Waals surface area contributed by atoms with Crippen molar-refractivity contribution in [1.82, 2.24) is 29.8 Å². The number of pyridine rings is 1. The van der Waals surface area contributed by atoms with Gasteiger partial charge in [-0.15, -0.1) is 24.0 Å². The molecule has 0 bridgehead atoms. The minimum atomic E-state index is -0.394. The molecule has 0 aliphatic carbocycles. The summed E-state index contributed by atoms with van der Waals surface area (Å²) < 4.78 is 17.9. The molecule has 6 heterocycles. The van der Waals surface area contributed by atoms with Gasteiger partial charge in [0.05, 0.1) is 22.6 Å². The quantitative estimate of drug-likeness (QED) is 0.0366. The van der Waals surface area contributed by atoms with Crippen molar-refractivity contribution in [3.63, 3.8) is 0 Å². The van der Waals surface area contributed by atoms with Gasteiger partial charge in [-0.1, -0.05) is 19.9 Å². The number of hydrazine groups is 1. The Balaban J connectivity index is 0.000000163. The van der Waals surface area contributed by atoms with Crippen molar-refractivity contribution in [2.45, 2.75) is 59.3 Å².